The van der Waals surface area contributed by atoms with E-state index in [4.69, 9.17) is 40.5 Å². The van der Waals surface area contributed by atoms with Crippen LogP contribution in [0.3, 0.4) is 0 Å². The number of nitrogens with one attached hydrogen (secondary N) is 2. The van der Waals surface area contributed by atoms with Gasteiger partial charge in [-0.3, -0.25) is 4.79 Å². The van der Waals surface area contributed by atoms with Crippen molar-refractivity contribution in [3.05, 3.63) is 55.3 Å². The van der Waals surface area contributed by atoms with Gasteiger partial charge in [-0.05, 0) is 60.7 Å². The normalized spacial score (nSPS) is 11.1. The van der Waals surface area contributed by atoms with Gasteiger partial charge in [-0.2, -0.15) is 10.1 Å². The fourth-order valence-corrected chi connectivity index (χ4v) is 2.68. The fourth-order valence-electron chi connectivity index (χ4n) is 2.06. The summed E-state index contributed by atoms with van der Waals surface area (Å²) >= 11 is 17.7. The van der Waals surface area contributed by atoms with Crippen molar-refractivity contribution >= 4 is 52.6 Å². The van der Waals surface area contributed by atoms with Gasteiger partial charge in [0, 0.05) is 0 Å². The number of hydrogen-bond acceptors (Lipinski definition) is 3. The highest BCUT2D eigenvalue weighted by Crippen LogP contribution is 2.31. The van der Waals surface area contributed by atoms with Gasteiger partial charge in [0.2, 0.25) is 0 Å². The van der Waals surface area contributed by atoms with Gasteiger partial charge < -0.3 is 5.73 Å². The molecule has 0 aliphatic rings. The third-order valence-corrected chi connectivity index (χ3v) is 4.76. The first-order chi connectivity index (χ1) is 11.2. The Morgan fingerprint density at radius 1 is 1.12 bits per heavy atom. The minimum absolute atomic E-state index is 0.0144. The molecule has 0 aliphatic heterocycles. The predicted octanol–water partition coefficient (Wildman–Crippen LogP) is 3.73. The van der Waals surface area contributed by atoms with Crippen molar-refractivity contribution in [3.8, 4) is 0 Å². The lowest BCUT2D eigenvalue weighted by Gasteiger charge is -2.06. The minimum atomic E-state index is -0.581. The molecule has 0 fully saturated rings. The SMILES string of the molecule is Cc1cc(C)c(/C=N\NC(=O)c2[nH+]c(Cl)c(Cl)c(N)c2Cl)cc1C. The molecule has 2 rings (SSSR count). The van der Waals surface area contributed by atoms with Crippen molar-refractivity contribution in [2.24, 2.45) is 5.10 Å². The molecule has 24 heavy (non-hydrogen) atoms. The predicted molar refractivity (Wildman–Crippen MR) is 98.2 cm³/mol. The second-order valence-electron chi connectivity index (χ2n) is 5.35. The highest BCUT2D eigenvalue weighted by atomic mass is 35.5. The summed E-state index contributed by atoms with van der Waals surface area (Å²) in [4.78, 5) is 14.8. The number of aryl methyl sites for hydroxylation is 3. The summed E-state index contributed by atoms with van der Waals surface area (Å²) in [6.07, 6.45) is 1.56. The Morgan fingerprint density at radius 3 is 2.42 bits per heavy atom. The molecule has 4 N–H and O–H groups in total. The zero-order valence-electron chi connectivity index (χ0n) is 13.3. The van der Waals surface area contributed by atoms with Crippen LogP contribution in [0.5, 0.6) is 0 Å². The lowest BCUT2D eigenvalue weighted by Crippen LogP contribution is -2.28. The monoisotopic (exact) mass is 385 g/mol. The van der Waals surface area contributed by atoms with Crippen molar-refractivity contribution in [2.45, 2.75) is 20.8 Å². The van der Waals surface area contributed by atoms with Crippen LogP contribution in [-0.2, 0) is 0 Å². The van der Waals surface area contributed by atoms with Gasteiger partial charge >= 0.3 is 5.91 Å². The van der Waals surface area contributed by atoms with Crippen LogP contribution in [0.4, 0.5) is 5.69 Å². The second-order valence-corrected chi connectivity index (χ2v) is 6.48. The molecule has 0 radical (unpaired) electrons. The lowest BCUT2D eigenvalue weighted by molar-refractivity contribution is -0.379. The summed E-state index contributed by atoms with van der Waals surface area (Å²) in [6.45, 7) is 6.02. The largest absolute Gasteiger partial charge is 0.396 e. The molecule has 1 aromatic heterocycles. The van der Waals surface area contributed by atoms with Gasteiger partial charge in [-0.25, -0.2) is 5.43 Å². The topological polar surface area (TPSA) is 81.6 Å². The molecule has 0 atom stereocenters. The van der Waals surface area contributed by atoms with Gasteiger partial charge in [0.15, 0.2) is 0 Å². The summed E-state index contributed by atoms with van der Waals surface area (Å²) in [5.41, 5.74) is 12.4. The standard InChI is InChI=1S/C16H15Cl3N4O/c1-7-4-9(3)10(5-8(7)2)6-21-23-16(24)14-11(17)13(20)12(18)15(19)22-14/h4-6H,1-3H3,(H2,20,22)(H,23,24)/p+1/b21-6-. The van der Waals surface area contributed by atoms with Crippen molar-refractivity contribution in [3.63, 3.8) is 0 Å². The third kappa shape index (κ3) is 3.80. The number of nitrogens with two attached hydrogens (primary N) is 1. The molecule has 0 saturated carbocycles. The molecule has 2 aromatic rings. The third-order valence-electron chi connectivity index (χ3n) is 3.60. The Hall–Kier alpha value is -1.82. The fraction of sp³-hybridized carbons (Fsp3) is 0.188. The van der Waals surface area contributed by atoms with Crippen molar-refractivity contribution in [2.75, 3.05) is 5.73 Å². The van der Waals surface area contributed by atoms with Crippen LogP contribution in [0.1, 0.15) is 32.7 Å². The Kier molecular flexibility index (Phi) is 5.70. The number of H-pyrrole nitrogens is 1. The smallest absolute Gasteiger partial charge is 0.337 e. The maximum Gasteiger partial charge on any atom is 0.337 e. The summed E-state index contributed by atoms with van der Waals surface area (Å²) in [7, 11) is 0. The number of nitrogen functional groups attached to an aromatic ring is 1. The van der Waals surface area contributed by atoms with Gasteiger partial charge in [0.25, 0.3) is 10.8 Å². The van der Waals surface area contributed by atoms with E-state index in [0.717, 1.165) is 16.7 Å². The van der Waals surface area contributed by atoms with Crippen LogP contribution in [0.25, 0.3) is 0 Å². The quantitative estimate of drug-likeness (QED) is 0.479. The molecular formula is C16H16Cl3N4O+. The van der Waals surface area contributed by atoms with Crippen LogP contribution < -0.4 is 16.1 Å². The van der Waals surface area contributed by atoms with E-state index in [-0.39, 0.29) is 26.6 Å². The number of amides is 1. The highest BCUT2D eigenvalue weighted by Gasteiger charge is 2.25. The molecule has 8 heteroatoms. The van der Waals surface area contributed by atoms with Crippen LogP contribution in [-0.4, -0.2) is 12.1 Å². The van der Waals surface area contributed by atoms with Crippen molar-refractivity contribution in [1.82, 2.24) is 5.43 Å². The molecule has 126 valence electrons. The van der Waals surface area contributed by atoms with Gasteiger partial charge in [-0.1, -0.05) is 29.3 Å². The summed E-state index contributed by atoms with van der Waals surface area (Å²) < 4.78 is 0. The second kappa shape index (κ2) is 7.38. The van der Waals surface area contributed by atoms with E-state index in [1.165, 1.54) is 5.56 Å². The number of hydrogen-bond donors (Lipinski definition) is 2. The molecule has 1 amide bonds. The molecule has 0 saturated heterocycles. The van der Waals surface area contributed by atoms with E-state index in [1.54, 1.807) is 6.21 Å². The number of rotatable bonds is 3. The van der Waals surface area contributed by atoms with Crippen LogP contribution in [0.15, 0.2) is 17.2 Å². The van der Waals surface area contributed by atoms with Crippen molar-refractivity contribution in [1.29, 1.82) is 0 Å². The maximum atomic E-state index is 12.2. The molecular weight excluding hydrogens is 371 g/mol. The number of carbonyl (C=O) groups is 1. The van der Waals surface area contributed by atoms with Gasteiger partial charge in [0.05, 0.1) is 11.9 Å². The Labute approximate surface area is 154 Å². The van der Waals surface area contributed by atoms with E-state index in [0.29, 0.717) is 0 Å². The number of pyridine rings is 1. The summed E-state index contributed by atoms with van der Waals surface area (Å²) in [5.74, 6) is -0.581. The summed E-state index contributed by atoms with van der Waals surface area (Å²) in [6, 6.07) is 4.05. The number of aromatic amines is 1. The first kappa shape index (κ1) is 18.5. The zero-order valence-corrected chi connectivity index (χ0v) is 15.6. The number of halogens is 3. The molecule has 0 bridgehead atoms. The van der Waals surface area contributed by atoms with E-state index in [2.05, 4.69) is 21.6 Å². The molecule has 0 spiro atoms. The van der Waals surface area contributed by atoms with Crippen LogP contribution in [0.2, 0.25) is 15.2 Å². The first-order valence-electron chi connectivity index (χ1n) is 6.98. The average Bonchev–Trinajstić information content (AvgIpc) is 2.53. The average molecular weight is 387 g/mol. The Bertz CT molecular complexity index is 850. The van der Waals surface area contributed by atoms with Gasteiger partial charge in [-0.15, -0.1) is 0 Å². The maximum absolute atomic E-state index is 12.2. The van der Waals surface area contributed by atoms with Gasteiger partial charge in [0.1, 0.15) is 10.0 Å². The highest BCUT2D eigenvalue weighted by molar-refractivity contribution is 6.45. The van der Waals surface area contributed by atoms with Crippen LogP contribution >= 0.6 is 34.8 Å². The number of anilines is 1. The number of benzene rings is 1. The Morgan fingerprint density at radius 2 is 1.75 bits per heavy atom. The molecule has 1 heterocycles. The van der Waals surface area contributed by atoms with E-state index in [1.807, 2.05) is 26.8 Å². The van der Waals surface area contributed by atoms with E-state index < -0.39 is 5.91 Å². The number of hydrazone groups is 1. The first-order valence-corrected chi connectivity index (χ1v) is 8.12. The van der Waals surface area contributed by atoms with Crippen LogP contribution in [0, 0.1) is 20.8 Å². The zero-order chi connectivity index (χ0) is 18.0. The van der Waals surface area contributed by atoms with E-state index in [9.17, 15) is 4.79 Å². The molecule has 0 aliphatic carbocycles. The molecule has 5 nitrogen and oxygen atoms in total. The minimum Gasteiger partial charge on any atom is -0.396 e. The number of aromatic nitrogens is 1. The van der Waals surface area contributed by atoms with Crippen molar-refractivity contribution < 1.29 is 9.78 Å². The molecule has 0 unspecified atom stereocenters. The Balaban J connectivity index is 2.21. The number of carbonyl (C=O) groups excluding carboxylic acids is 1. The molecule has 1 aromatic carbocycles. The van der Waals surface area contributed by atoms with E-state index >= 15 is 0 Å². The summed E-state index contributed by atoms with van der Waals surface area (Å²) in [5, 5.41) is 4.03. The lowest BCUT2D eigenvalue weighted by atomic mass is 10.0. The number of nitrogens with zero attached hydrogens (tertiary/aromatic N) is 1.